The molecule has 2 aliphatic rings. The second-order valence-electron chi connectivity index (χ2n) is 7.74. The fraction of sp³-hybridized carbons (Fsp3) is 0.478. The van der Waals surface area contributed by atoms with Gasteiger partial charge in [-0.3, -0.25) is 0 Å². The van der Waals surface area contributed by atoms with Crippen LogP contribution in [0.3, 0.4) is 0 Å². The minimum absolute atomic E-state index is 0.200. The van der Waals surface area contributed by atoms with Crippen molar-refractivity contribution in [3.05, 3.63) is 48.5 Å². The van der Waals surface area contributed by atoms with E-state index in [9.17, 15) is 0 Å². The zero-order valence-corrected chi connectivity index (χ0v) is 25.4. The van der Waals surface area contributed by atoms with Crippen molar-refractivity contribution in [3.63, 3.8) is 0 Å². The lowest BCUT2D eigenvalue weighted by Gasteiger charge is -2.41. The molecule has 4 rings (SSSR count). The minimum Gasteiger partial charge on any atom is -0.334 e. The van der Waals surface area contributed by atoms with Gasteiger partial charge >= 0.3 is 17.2 Å². The lowest BCUT2D eigenvalue weighted by atomic mass is 9.93. The van der Waals surface area contributed by atoms with E-state index in [1.54, 1.807) is 42.7 Å². The molecular formula is C23H34O10P4. The van der Waals surface area contributed by atoms with Crippen molar-refractivity contribution < 1.29 is 45.2 Å². The van der Waals surface area contributed by atoms with Crippen molar-refractivity contribution in [2.75, 3.05) is 69.1 Å². The first-order valence-corrected chi connectivity index (χ1v) is 15.7. The Morgan fingerprint density at radius 3 is 1.08 bits per heavy atom. The van der Waals surface area contributed by atoms with Gasteiger partial charge < -0.3 is 45.2 Å². The molecule has 2 heterocycles. The molecule has 14 heteroatoms. The largest absolute Gasteiger partial charge is 0.334 e. The average molecular weight is 594 g/mol. The highest BCUT2D eigenvalue weighted by molar-refractivity contribution is 7.56. The van der Waals surface area contributed by atoms with Gasteiger partial charge in [-0.05, 0) is 35.4 Å². The lowest BCUT2D eigenvalue weighted by Crippen LogP contribution is -2.44. The molecule has 10 nitrogen and oxygen atoms in total. The summed E-state index contributed by atoms with van der Waals surface area (Å²) in [5, 5.41) is 2.12. The van der Waals surface area contributed by atoms with E-state index in [1.807, 2.05) is 24.3 Å². The van der Waals surface area contributed by atoms with Gasteiger partial charge in [0.05, 0.1) is 31.8 Å². The van der Waals surface area contributed by atoms with Crippen LogP contribution in [0, 0.1) is 5.41 Å². The molecule has 2 aliphatic heterocycles. The van der Waals surface area contributed by atoms with Crippen molar-refractivity contribution in [3.8, 4) is 11.1 Å². The van der Waals surface area contributed by atoms with Crippen LogP contribution >= 0.6 is 34.0 Å². The van der Waals surface area contributed by atoms with Crippen molar-refractivity contribution in [2.24, 2.45) is 5.41 Å². The van der Waals surface area contributed by atoms with Gasteiger partial charge in [-0.15, -0.1) is 0 Å². The van der Waals surface area contributed by atoms with Crippen LogP contribution < -0.4 is 10.6 Å². The van der Waals surface area contributed by atoms with Gasteiger partial charge in [0.15, 0.2) is 0 Å². The average Bonchev–Trinajstić information content (AvgIpc) is 2.96. The summed E-state index contributed by atoms with van der Waals surface area (Å²) in [5.41, 5.74) is 2.10. The van der Waals surface area contributed by atoms with E-state index in [1.165, 1.54) is 0 Å². The van der Waals surface area contributed by atoms with Crippen LogP contribution in [0.1, 0.15) is 0 Å². The highest BCUT2D eigenvalue weighted by Crippen LogP contribution is 2.52. The summed E-state index contributed by atoms with van der Waals surface area (Å²) in [4.78, 5) is 0. The second-order valence-corrected chi connectivity index (χ2v) is 13.9. The Bertz CT molecular complexity index is 818. The Morgan fingerprint density at radius 2 is 0.838 bits per heavy atom. The number of benzene rings is 2. The molecule has 0 bridgehead atoms. The van der Waals surface area contributed by atoms with E-state index >= 15 is 0 Å². The second kappa shape index (κ2) is 16.1. The van der Waals surface area contributed by atoms with E-state index < -0.39 is 34.0 Å². The lowest BCUT2D eigenvalue weighted by molar-refractivity contribution is -0.0729. The van der Waals surface area contributed by atoms with Gasteiger partial charge in [-0.25, -0.2) is 0 Å². The smallest absolute Gasteiger partial charge is 0.332 e. The van der Waals surface area contributed by atoms with Gasteiger partial charge in [0.25, 0.3) is 0 Å². The van der Waals surface area contributed by atoms with Crippen LogP contribution in [0.4, 0.5) is 0 Å². The highest BCUT2D eigenvalue weighted by Gasteiger charge is 2.43. The van der Waals surface area contributed by atoms with Crippen LogP contribution in [-0.2, 0) is 45.2 Å². The summed E-state index contributed by atoms with van der Waals surface area (Å²) in [6.45, 7) is 2.16. The molecule has 0 unspecified atom stereocenters. The predicted octanol–water partition coefficient (Wildman–Crippen LogP) is 5.63. The first-order valence-electron chi connectivity index (χ1n) is 11.2. The molecule has 2 fully saturated rings. The maximum Gasteiger partial charge on any atom is 0.332 e. The summed E-state index contributed by atoms with van der Waals surface area (Å²) >= 11 is 0. The minimum atomic E-state index is -1.17. The Labute approximate surface area is 223 Å². The molecule has 0 amide bonds. The van der Waals surface area contributed by atoms with Crippen LogP contribution in [-0.4, -0.2) is 69.1 Å². The Hall–Kier alpha value is -0.240. The molecule has 206 valence electrons. The van der Waals surface area contributed by atoms with E-state index in [0.717, 1.165) is 21.7 Å². The summed E-state index contributed by atoms with van der Waals surface area (Å²) in [6, 6.07) is 16.5. The summed E-state index contributed by atoms with van der Waals surface area (Å²) in [7, 11) is 5.47. The molecule has 2 aromatic rings. The normalized spacial score (nSPS) is 23.8. The topological polar surface area (TPSA) is 92.3 Å². The summed E-state index contributed by atoms with van der Waals surface area (Å²) < 4.78 is 52.9. The standard InChI is InChI=1S/C16H20O4P2.C7H14O6P2/c1-17-21(18-2)15-9-5-13(6-10-15)14-7-11-16(12-8-14)22(19-3)20-4;1-8-14-10-3-7(4-11-14)5-12-15(9-2)13-6-7/h5-12H,1-4H3;3-6H2,1-2H3. The Kier molecular flexibility index (Phi) is 13.6. The molecule has 0 N–H and O–H groups in total. The molecular weight excluding hydrogens is 560 g/mol. The van der Waals surface area contributed by atoms with Crippen molar-refractivity contribution in [1.82, 2.24) is 0 Å². The van der Waals surface area contributed by atoms with Crippen LogP contribution in [0.2, 0.25) is 0 Å². The predicted molar refractivity (Wildman–Crippen MR) is 147 cm³/mol. The van der Waals surface area contributed by atoms with Gasteiger partial charge in [0.2, 0.25) is 16.8 Å². The van der Waals surface area contributed by atoms with Crippen molar-refractivity contribution in [1.29, 1.82) is 0 Å². The quantitative estimate of drug-likeness (QED) is 0.341. The zero-order chi connectivity index (χ0) is 26.7. The van der Waals surface area contributed by atoms with Crippen LogP contribution in [0.25, 0.3) is 11.1 Å². The van der Waals surface area contributed by atoms with E-state index in [0.29, 0.717) is 26.4 Å². The van der Waals surface area contributed by atoms with Crippen molar-refractivity contribution >= 4 is 44.6 Å². The molecule has 0 saturated carbocycles. The van der Waals surface area contributed by atoms with Crippen molar-refractivity contribution in [2.45, 2.75) is 0 Å². The first kappa shape index (κ1) is 31.3. The highest BCUT2D eigenvalue weighted by atomic mass is 31.2. The third kappa shape index (κ3) is 8.88. The first-order chi connectivity index (χ1) is 18.0. The Balaban J connectivity index is 0.000000220. The molecule has 37 heavy (non-hydrogen) atoms. The summed E-state index contributed by atoms with van der Waals surface area (Å²) in [6.07, 6.45) is 0. The fourth-order valence-electron chi connectivity index (χ4n) is 3.42. The van der Waals surface area contributed by atoms with E-state index in [2.05, 4.69) is 24.3 Å². The molecule has 0 aliphatic carbocycles. The van der Waals surface area contributed by atoms with Crippen LogP contribution in [0.15, 0.2) is 48.5 Å². The molecule has 2 saturated heterocycles. The Morgan fingerprint density at radius 1 is 0.541 bits per heavy atom. The monoisotopic (exact) mass is 594 g/mol. The maximum absolute atomic E-state index is 5.42. The SMILES string of the molecule is COP(OC)c1ccc(-c2ccc(P(OC)OC)cc2)cc1.COP1OCC2(CO1)COP(OC)OC2. The zero-order valence-electron chi connectivity index (χ0n) is 21.8. The summed E-state index contributed by atoms with van der Waals surface area (Å²) in [5.74, 6) is 0. The fourth-order valence-corrected chi connectivity index (χ4v) is 7.43. The molecule has 0 aromatic heterocycles. The molecule has 0 atom stereocenters. The van der Waals surface area contributed by atoms with E-state index in [4.69, 9.17) is 45.2 Å². The van der Waals surface area contributed by atoms with Gasteiger partial charge in [-0.1, -0.05) is 24.3 Å². The van der Waals surface area contributed by atoms with E-state index in [-0.39, 0.29) is 5.41 Å². The van der Waals surface area contributed by atoms with Gasteiger partial charge in [-0.2, -0.15) is 0 Å². The number of hydrogen-bond donors (Lipinski definition) is 0. The number of hydrogen-bond acceptors (Lipinski definition) is 10. The third-order valence-electron chi connectivity index (χ3n) is 5.36. The molecule has 1 spiro atoms. The number of rotatable bonds is 9. The van der Waals surface area contributed by atoms with Gasteiger partial charge in [0.1, 0.15) is 0 Å². The van der Waals surface area contributed by atoms with Crippen LogP contribution in [0.5, 0.6) is 0 Å². The molecule has 2 aromatic carbocycles. The molecule has 0 radical (unpaired) electrons. The third-order valence-corrected chi connectivity index (χ3v) is 10.1. The van der Waals surface area contributed by atoms with Gasteiger partial charge in [0, 0.05) is 53.3 Å². The maximum atomic E-state index is 5.42.